The fraction of sp³-hybridized carbons (Fsp3) is 0.308. The number of carbonyl (C=O) groups is 1. The molecule has 2 atom stereocenters. The highest BCUT2D eigenvalue weighted by Gasteiger charge is 2.26. The third-order valence-corrected chi connectivity index (χ3v) is 7.69. The van der Waals surface area contributed by atoms with Crippen LogP contribution in [-0.4, -0.2) is 42.5 Å². The molecule has 0 aliphatic rings. The predicted molar refractivity (Wildman–Crippen MR) is 132 cm³/mol. The van der Waals surface area contributed by atoms with Gasteiger partial charge in [-0.1, -0.05) is 32.0 Å². The Balaban J connectivity index is 2.15. The molecule has 34 heavy (non-hydrogen) atoms. The molecule has 180 valence electrons. The molecule has 1 N–H and O–H groups in total. The maximum Gasteiger partial charge on any atom is 0.308 e. The van der Waals surface area contributed by atoms with E-state index in [4.69, 9.17) is 9.51 Å². The van der Waals surface area contributed by atoms with Crippen molar-refractivity contribution in [1.82, 2.24) is 4.98 Å². The number of aliphatic hydroxyl groups is 1. The zero-order valence-corrected chi connectivity index (χ0v) is 20.6. The Morgan fingerprint density at radius 3 is 2.44 bits per heavy atom. The van der Waals surface area contributed by atoms with Crippen LogP contribution in [0.15, 0.2) is 54.3 Å². The number of nitrogens with zero attached hydrogens (tertiary/aromatic N) is 1. The Kier molecular flexibility index (Phi) is 8.37. The third kappa shape index (κ3) is 5.98. The van der Waals surface area contributed by atoms with E-state index in [2.05, 4.69) is 18.6 Å². The lowest BCUT2D eigenvalue weighted by molar-refractivity contribution is -0.142. The number of aromatic nitrogens is 1. The zero-order chi connectivity index (χ0) is 24.9. The van der Waals surface area contributed by atoms with Crippen LogP contribution in [0.1, 0.15) is 37.3 Å². The Morgan fingerprint density at radius 2 is 1.82 bits per heavy atom. The van der Waals surface area contributed by atoms with Crippen molar-refractivity contribution >= 4 is 30.3 Å². The van der Waals surface area contributed by atoms with Crippen molar-refractivity contribution in [3.8, 4) is 11.3 Å². The number of aliphatic hydroxyl groups excluding tert-OH is 1. The summed E-state index contributed by atoms with van der Waals surface area (Å²) in [4.78, 5) is 16.3. The van der Waals surface area contributed by atoms with Gasteiger partial charge in [-0.05, 0) is 47.9 Å². The summed E-state index contributed by atoms with van der Waals surface area (Å²) in [6.07, 6.45) is -0.00622. The third-order valence-electron chi connectivity index (χ3n) is 5.54. The second kappa shape index (κ2) is 11.0. The maximum absolute atomic E-state index is 13.6. The minimum absolute atomic E-state index is 0.0959. The molecule has 1 heterocycles. The summed E-state index contributed by atoms with van der Waals surface area (Å²) in [6.45, 7) is 4.12. The second-order valence-electron chi connectivity index (χ2n) is 8.31. The van der Waals surface area contributed by atoms with Crippen LogP contribution in [0.3, 0.4) is 0 Å². The lowest BCUT2D eigenvalue weighted by Gasteiger charge is -2.19. The molecule has 0 bridgehead atoms. The van der Waals surface area contributed by atoms with Gasteiger partial charge in [-0.25, -0.2) is 9.37 Å². The van der Waals surface area contributed by atoms with Gasteiger partial charge in [0.15, 0.2) is 0 Å². The number of benzene rings is 2. The van der Waals surface area contributed by atoms with Gasteiger partial charge in [0.1, 0.15) is 5.82 Å². The Bertz CT molecular complexity index is 1240. The molecule has 0 saturated carbocycles. The molecule has 3 rings (SSSR count). The number of hydrogen-bond acceptors (Lipinski definition) is 6. The quantitative estimate of drug-likeness (QED) is 0.296. The van der Waals surface area contributed by atoms with E-state index in [0.29, 0.717) is 11.3 Å². The largest absolute Gasteiger partial charge is 0.469 e. The summed E-state index contributed by atoms with van der Waals surface area (Å²) in [7, 11) is -0.916. The van der Waals surface area contributed by atoms with Crippen molar-refractivity contribution in [2.45, 2.75) is 32.3 Å². The molecule has 0 fully saturated rings. The van der Waals surface area contributed by atoms with Crippen molar-refractivity contribution in [1.29, 1.82) is 0 Å². The Morgan fingerprint density at radius 1 is 1.15 bits per heavy atom. The average Bonchev–Trinajstić information content (AvgIpc) is 2.82. The van der Waals surface area contributed by atoms with Gasteiger partial charge >= 0.3 is 5.97 Å². The van der Waals surface area contributed by atoms with Gasteiger partial charge in [0.05, 0.1) is 37.0 Å². The number of methoxy groups -OCH3 is 1. The molecule has 0 radical (unpaired) electrons. The number of ether oxygens (including phenoxy) is 1. The highest BCUT2D eigenvalue weighted by molar-refractivity contribution is 7.62. The summed E-state index contributed by atoms with van der Waals surface area (Å²) < 4.78 is 36.8. The van der Waals surface area contributed by atoms with E-state index in [1.165, 1.54) is 32.2 Å². The van der Waals surface area contributed by atoms with Gasteiger partial charge in [-0.15, -0.1) is 0 Å². The molecule has 0 aliphatic carbocycles. The molecule has 0 saturated heterocycles. The normalized spacial score (nSPS) is 14.4. The number of carbonyl (C=O) groups excluding carboxylic acids is 1. The molecule has 2 aromatic carbocycles. The summed E-state index contributed by atoms with van der Waals surface area (Å²) in [6, 6.07) is 13.8. The molecule has 6 nitrogen and oxygen atoms in total. The van der Waals surface area contributed by atoms with Crippen LogP contribution in [0.2, 0.25) is 0 Å². The van der Waals surface area contributed by atoms with Crippen molar-refractivity contribution in [3.05, 3.63) is 71.3 Å². The first-order chi connectivity index (χ1) is 16.2. The van der Waals surface area contributed by atoms with E-state index in [-0.39, 0.29) is 24.3 Å². The van der Waals surface area contributed by atoms with Crippen LogP contribution >= 0.6 is 7.37 Å². The summed E-state index contributed by atoms with van der Waals surface area (Å²) in [5.74, 6) is 0.587. The van der Waals surface area contributed by atoms with E-state index in [1.807, 2.05) is 24.3 Å². The van der Waals surface area contributed by atoms with Gasteiger partial charge in [0.2, 0.25) is 7.37 Å². The first kappa shape index (κ1) is 25.8. The van der Waals surface area contributed by atoms with Crippen LogP contribution in [0.4, 0.5) is 4.39 Å². The standard InChI is InChI=1S/C26H29FNO5P/c1-17(2)25-21-7-5-6-8-23(21)28-26(18-9-11-19(27)12-10-18)22(25)13-14-34(31,33-4)16-20(29)15-24(30)32-3/h5-14,17,20,29H,15-16H2,1-4H3/b14-13+/t20-,34?/m0/s1. The van der Waals surface area contributed by atoms with Crippen molar-refractivity contribution < 1.29 is 28.1 Å². The molecule has 1 unspecified atom stereocenters. The number of hydrogen-bond donors (Lipinski definition) is 1. The first-order valence-corrected chi connectivity index (χ1v) is 12.8. The summed E-state index contributed by atoms with van der Waals surface area (Å²) in [5, 5.41) is 11.2. The fourth-order valence-corrected chi connectivity index (χ4v) is 5.37. The van der Waals surface area contributed by atoms with E-state index in [0.717, 1.165) is 22.0 Å². The van der Waals surface area contributed by atoms with Crippen molar-refractivity contribution in [3.63, 3.8) is 0 Å². The second-order valence-corrected chi connectivity index (χ2v) is 10.8. The van der Waals surface area contributed by atoms with Crippen LogP contribution in [0.25, 0.3) is 28.2 Å². The van der Waals surface area contributed by atoms with Crippen LogP contribution < -0.4 is 0 Å². The number of fused-ring (bicyclic) bond motifs is 1. The predicted octanol–water partition coefficient (Wildman–Crippen LogP) is 5.98. The number of pyridine rings is 1. The molecular formula is C26H29FNO5P. The summed E-state index contributed by atoms with van der Waals surface area (Å²) >= 11 is 0. The molecular weight excluding hydrogens is 456 g/mol. The van der Waals surface area contributed by atoms with Gasteiger partial charge in [0.25, 0.3) is 0 Å². The fourth-order valence-electron chi connectivity index (χ4n) is 3.89. The van der Waals surface area contributed by atoms with Crippen molar-refractivity contribution in [2.24, 2.45) is 0 Å². The van der Waals surface area contributed by atoms with Gasteiger partial charge in [-0.2, -0.15) is 0 Å². The molecule has 0 aliphatic heterocycles. The number of para-hydroxylation sites is 1. The van der Waals surface area contributed by atoms with E-state index in [9.17, 15) is 18.9 Å². The van der Waals surface area contributed by atoms with Crippen LogP contribution in [0.5, 0.6) is 0 Å². The molecule has 0 amide bonds. The van der Waals surface area contributed by atoms with Gasteiger partial charge in [0, 0.05) is 29.4 Å². The minimum Gasteiger partial charge on any atom is -0.469 e. The Hall–Kier alpha value is -2.86. The SMILES string of the molecule is COC(=O)C[C@H](O)CP(=O)(/C=C/c1c(-c2ccc(F)cc2)nc2ccccc2c1C(C)C)OC. The maximum atomic E-state index is 13.6. The topological polar surface area (TPSA) is 85.7 Å². The average molecular weight is 485 g/mol. The van der Waals surface area contributed by atoms with Crippen LogP contribution in [-0.2, 0) is 18.6 Å². The molecule has 3 aromatic rings. The lowest BCUT2D eigenvalue weighted by Crippen LogP contribution is -2.18. The summed E-state index contributed by atoms with van der Waals surface area (Å²) in [5.41, 5.74) is 3.87. The van der Waals surface area contributed by atoms with Crippen LogP contribution in [0, 0.1) is 5.82 Å². The number of esters is 1. The van der Waals surface area contributed by atoms with E-state index < -0.39 is 19.4 Å². The number of halogens is 1. The highest BCUT2D eigenvalue weighted by Crippen LogP contribution is 2.50. The first-order valence-electron chi connectivity index (χ1n) is 10.9. The minimum atomic E-state index is -3.44. The lowest BCUT2D eigenvalue weighted by atomic mass is 9.90. The van der Waals surface area contributed by atoms with Gasteiger partial charge in [-0.3, -0.25) is 9.36 Å². The highest BCUT2D eigenvalue weighted by atomic mass is 31.2. The number of rotatable bonds is 9. The zero-order valence-electron chi connectivity index (χ0n) is 19.7. The monoisotopic (exact) mass is 485 g/mol. The van der Waals surface area contributed by atoms with Crippen molar-refractivity contribution in [2.75, 3.05) is 20.4 Å². The molecule has 0 spiro atoms. The smallest absolute Gasteiger partial charge is 0.308 e. The molecule has 8 heteroatoms. The Labute approximate surface area is 198 Å². The molecule has 1 aromatic heterocycles. The van der Waals surface area contributed by atoms with Gasteiger partial charge < -0.3 is 14.4 Å². The van der Waals surface area contributed by atoms with E-state index in [1.54, 1.807) is 18.2 Å². The van der Waals surface area contributed by atoms with E-state index >= 15 is 0 Å².